The molecule has 266 valence electrons. The molecule has 1 heterocycles. The van der Waals surface area contributed by atoms with Crippen LogP contribution < -0.4 is 0 Å². The number of hydrogen-bond acceptors (Lipinski definition) is 2. The second-order valence-electron chi connectivity index (χ2n) is 15.1. The van der Waals surface area contributed by atoms with Gasteiger partial charge in [0.15, 0.2) is 0 Å². The van der Waals surface area contributed by atoms with Gasteiger partial charge < -0.3 is 0 Å². The Morgan fingerprint density at radius 1 is 0.456 bits per heavy atom. The van der Waals surface area contributed by atoms with Gasteiger partial charge in [0.2, 0.25) is 0 Å². The maximum atomic E-state index is 8.72. The van der Waals surface area contributed by atoms with Crippen molar-refractivity contribution >= 4 is 27.4 Å². The van der Waals surface area contributed by atoms with Gasteiger partial charge in [0, 0.05) is 5.39 Å². The van der Waals surface area contributed by atoms with Crippen LogP contribution in [0.15, 0.2) is 207 Å². The molecule has 1 spiro atoms. The molecule has 0 atom stereocenters. The summed E-state index contributed by atoms with van der Waals surface area (Å²) in [7, 11) is 0. The lowest BCUT2D eigenvalue weighted by molar-refractivity contribution is 0.794. The van der Waals surface area contributed by atoms with Gasteiger partial charge in [-0.1, -0.05) is 170 Å². The van der Waals surface area contributed by atoms with Crippen molar-refractivity contribution in [2.24, 2.45) is 0 Å². The summed E-state index contributed by atoms with van der Waals surface area (Å²) in [6, 6.07) is 66.5. The predicted molar refractivity (Wildman–Crippen MR) is 238 cm³/mol. The van der Waals surface area contributed by atoms with E-state index in [-0.39, 0.29) is 5.41 Å². The molecular weight excluding hydrogens is 689 g/mol. The number of allylic oxidation sites excluding steroid dienone is 3. The summed E-state index contributed by atoms with van der Waals surface area (Å²) in [5.41, 5.74) is 19.0. The normalized spacial score (nSPS) is 13.1. The maximum absolute atomic E-state index is 8.72. The topological polar surface area (TPSA) is 36.7 Å². The highest BCUT2D eigenvalue weighted by Crippen LogP contribution is 2.63. The molecule has 1 aromatic heterocycles. The third-order valence-corrected chi connectivity index (χ3v) is 12.1. The van der Waals surface area contributed by atoms with Gasteiger partial charge in [-0.2, -0.15) is 0 Å². The van der Waals surface area contributed by atoms with E-state index in [1.54, 1.807) is 18.2 Å². The molecule has 1 N–H and O–H groups in total. The smallest absolute Gasteiger partial charge is 0.0892 e. The summed E-state index contributed by atoms with van der Waals surface area (Å²) in [4.78, 5) is 4.99. The molecule has 0 radical (unpaired) electrons. The Balaban J connectivity index is 1.000. The van der Waals surface area contributed by atoms with E-state index < -0.39 is 0 Å². The molecule has 0 bridgehead atoms. The SMILES string of the molecule is C=C/C=C\C(=N)c1cc(-c2ccccc2)c2ccc(-c3ccc4cc(-c5ccc6c(c5)C5(c7ccccc7-c7ccccc75)c5ccccc5-6)ccc4c3)cc2n1. The maximum Gasteiger partial charge on any atom is 0.0892 e. The average Bonchev–Trinajstić information content (AvgIpc) is 3.74. The Morgan fingerprint density at radius 3 is 1.58 bits per heavy atom. The molecule has 2 nitrogen and oxygen atoms in total. The highest BCUT2D eigenvalue weighted by Gasteiger charge is 2.51. The molecule has 57 heavy (non-hydrogen) atoms. The molecule has 0 saturated carbocycles. The van der Waals surface area contributed by atoms with E-state index in [1.807, 2.05) is 24.3 Å². The highest BCUT2D eigenvalue weighted by molar-refractivity contribution is 6.09. The first-order valence-corrected chi connectivity index (χ1v) is 19.5. The molecule has 2 aliphatic carbocycles. The zero-order valence-corrected chi connectivity index (χ0v) is 31.2. The zero-order chi connectivity index (χ0) is 38.1. The van der Waals surface area contributed by atoms with E-state index >= 15 is 0 Å². The van der Waals surface area contributed by atoms with Crippen molar-refractivity contribution in [3.63, 3.8) is 0 Å². The summed E-state index contributed by atoms with van der Waals surface area (Å²) in [6.45, 7) is 3.77. The third kappa shape index (κ3) is 4.97. The fourth-order valence-corrected chi connectivity index (χ4v) is 9.53. The third-order valence-electron chi connectivity index (χ3n) is 12.1. The van der Waals surface area contributed by atoms with Crippen molar-refractivity contribution in [2.45, 2.75) is 5.41 Å². The highest BCUT2D eigenvalue weighted by atomic mass is 14.7. The molecule has 11 rings (SSSR count). The molecule has 0 aliphatic heterocycles. The van der Waals surface area contributed by atoms with E-state index in [2.05, 4.69) is 164 Å². The number of hydrogen-bond donors (Lipinski definition) is 1. The van der Waals surface area contributed by atoms with Crippen molar-refractivity contribution in [3.05, 3.63) is 235 Å². The van der Waals surface area contributed by atoms with Gasteiger partial charge in [0.25, 0.3) is 0 Å². The van der Waals surface area contributed by atoms with Crippen molar-refractivity contribution in [3.8, 4) is 55.6 Å². The Hall–Kier alpha value is -7.42. The van der Waals surface area contributed by atoms with E-state index in [0.29, 0.717) is 11.4 Å². The van der Waals surface area contributed by atoms with Crippen molar-refractivity contribution in [1.82, 2.24) is 4.98 Å². The van der Waals surface area contributed by atoms with Gasteiger partial charge in [-0.3, -0.25) is 5.41 Å². The average molecular weight is 725 g/mol. The van der Waals surface area contributed by atoms with Crippen LogP contribution in [0, 0.1) is 5.41 Å². The fourth-order valence-electron chi connectivity index (χ4n) is 9.53. The Bertz CT molecular complexity index is 3100. The largest absolute Gasteiger partial charge is 0.299 e. The van der Waals surface area contributed by atoms with E-state index in [1.165, 1.54) is 66.4 Å². The number of fused-ring (bicyclic) bond motifs is 12. The van der Waals surface area contributed by atoms with Gasteiger partial charge >= 0.3 is 0 Å². The summed E-state index contributed by atoms with van der Waals surface area (Å²) in [5.74, 6) is 0. The van der Waals surface area contributed by atoms with Crippen molar-refractivity contribution in [1.29, 1.82) is 5.41 Å². The van der Waals surface area contributed by atoms with Crippen LogP contribution in [-0.4, -0.2) is 10.7 Å². The summed E-state index contributed by atoms with van der Waals surface area (Å²) in [6.07, 6.45) is 5.20. The second kappa shape index (κ2) is 12.8. The van der Waals surface area contributed by atoms with Crippen molar-refractivity contribution in [2.75, 3.05) is 0 Å². The standard InChI is InChI=1S/C55H36N2/c1-2-3-21-52(56)54-34-47(35-13-5-4-6-14-35)46-29-27-41(33-53(46)57-54)39-25-23-36-30-38(24-22-37(36)31-39)40-26-28-45-44-17-9-12-20-50(44)55(51(45)32-40)48-18-10-7-15-42(48)43-16-8-11-19-49(43)55/h2-34,56H,1H2/b21-3-,56-52?. The minimum atomic E-state index is -0.360. The first-order chi connectivity index (χ1) is 28.1. The lowest BCUT2D eigenvalue weighted by Gasteiger charge is -2.30. The van der Waals surface area contributed by atoms with Gasteiger partial charge in [0.05, 0.1) is 22.3 Å². The van der Waals surface area contributed by atoms with Crippen LogP contribution >= 0.6 is 0 Å². The number of benzene rings is 8. The summed E-state index contributed by atoms with van der Waals surface area (Å²) >= 11 is 0. The summed E-state index contributed by atoms with van der Waals surface area (Å²) < 4.78 is 0. The minimum Gasteiger partial charge on any atom is -0.299 e. The molecule has 8 aromatic carbocycles. The van der Waals surface area contributed by atoms with Crippen LogP contribution in [0.4, 0.5) is 0 Å². The van der Waals surface area contributed by atoms with Crippen LogP contribution in [-0.2, 0) is 5.41 Å². The fraction of sp³-hybridized carbons (Fsp3) is 0.0182. The molecule has 2 aliphatic rings. The molecular formula is C55H36N2. The van der Waals surface area contributed by atoms with E-state index in [0.717, 1.165) is 33.2 Å². The number of rotatable bonds is 6. The number of nitrogens with zero attached hydrogens (tertiary/aromatic N) is 1. The predicted octanol–water partition coefficient (Wildman–Crippen LogP) is 13.8. The quantitative estimate of drug-likeness (QED) is 0.135. The lowest BCUT2D eigenvalue weighted by Crippen LogP contribution is -2.25. The molecule has 9 aromatic rings. The summed E-state index contributed by atoms with van der Waals surface area (Å²) in [5, 5.41) is 12.2. The van der Waals surface area contributed by atoms with Crippen LogP contribution in [0.25, 0.3) is 77.3 Å². The molecule has 0 fully saturated rings. The van der Waals surface area contributed by atoms with E-state index in [9.17, 15) is 0 Å². The second-order valence-corrected chi connectivity index (χ2v) is 15.1. The number of nitrogens with one attached hydrogen (secondary N) is 1. The van der Waals surface area contributed by atoms with Crippen LogP contribution in [0.3, 0.4) is 0 Å². The van der Waals surface area contributed by atoms with Crippen LogP contribution in [0.2, 0.25) is 0 Å². The number of aromatic nitrogens is 1. The van der Waals surface area contributed by atoms with Crippen LogP contribution in [0.5, 0.6) is 0 Å². The minimum absolute atomic E-state index is 0.349. The van der Waals surface area contributed by atoms with Gasteiger partial charge in [-0.15, -0.1) is 0 Å². The Kier molecular flexibility index (Phi) is 7.42. The van der Waals surface area contributed by atoms with Gasteiger partial charge in [-0.05, 0) is 125 Å². The first-order valence-electron chi connectivity index (χ1n) is 19.5. The van der Waals surface area contributed by atoms with Gasteiger partial charge in [0.1, 0.15) is 0 Å². The van der Waals surface area contributed by atoms with E-state index in [4.69, 9.17) is 10.4 Å². The monoisotopic (exact) mass is 724 g/mol. The molecule has 0 amide bonds. The zero-order valence-electron chi connectivity index (χ0n) is 31.2. The van der Waals surface area contributed by atoms with Crippen molar-refractivity contribution < 1.29 is 0 Å². The molecule has 0 unspecified atom stereocenters. The Labute approximate surface area is 332 Å². The number of pyridine rings is 1. The Morgan fingerprint density at radius 2 is 0.965 bits per heavy atom. The molecule has 2 heteroatoms. The molecule has 0 saturated heterocycles. The first kappa shape index (κ1) is 33.0. The van der Waals surface area contributed by atoms with Crippen LogP contribution in [0.1, 0.15) is 27.9 Å². The van der Waals surface area contributed by atoms with Gasteiger partial charge in [-0.25, -0.2) is 4.98 Å². The lowest BCUT2D eigenvalue weighted by atomic mass is 9.70.